The second-order valence-corrected chi connectivity index (χ2v) is 3.64. The third-order valence-electron chi connectivity index (χ3n) is 2.64. The van der Waals surface area contributed by atoms with Gasteiger partial charge in [0, 0.05) is 19.1 Å². The molecule has 0 N–H and O–H groups in total. The van der Waals surface area contributed by atoms with E-state index in [2.05, 4.69) is 4.90 Å². The molecule has 1 unspecified atom stereocenters. The lowest BCUT2D eigenvalue weighted by Gasteiger charge is -2.47. The van der Waals surface area contributed by atoms with Crippen LogP contribution >= 0.6 is 11.6 Å². The molecule has 3 aliphatic rings. The summed E-state index contributed by atoms with van der Waals surface area (Å²) in [6.07, 6.45) is 2.15. The maximum atomic E-state index is 12.7. The van der Waals surface area contributed by atoms with E-state index >= 15 is 0 Å². The minimum absolute atomic E-state index is 0.396. The van der Waals surface area contributed by atoms with Gasteiger partial charge in [-0.05, 0) is 12.8 Å². The zero-order valence-corrected chi connectivity index (χ0v) is 7.10. The Bertz CT molecular complexity index is 145. The van der Waals surface area contributed by atoms with Crippen molar-refractivity contribution in [2.24, 2.45) is 0 Å². The molecule has 2 nitrogen and oxygen atoms in total. The van der Waals surface area contributed by atoms with Crippen LogP contribution in [0.4, 0.5) is 4.39 Å². The van der Waals surface area contributed by atoms with Crippen molar-refractivity contribution in [3.8, 4) is 0 Å². The molecule has 4 heteroatoms. The standard InChI is InChI=1S/C7H12ClFN2/c8-7(9)11-5-10-3-1-6(11)2-4-10/h6-7H,1-5H2. The van der Waals surface area contributed by atoms with E-state index in [4.69, 9.17) is 11.6 Å². The maximum Gasteiger partial charge on any atom is 0.230 e. The molecular formula is C7H12ClFN2. The van der Waals surface area contributed by atoms with Gasteiger partial charge in [0.2, 0.25) is 5.75 Å². The van der Waals surface area contributed by atoms with E-state index in [1.807, 2.05) is 0 Å². The van der Waals surface area contributed by atoms with E-state index in [0.717, 1.165) is 32.6 Å². The summed E-state index contributed by atoms with van der Waals surface area (Å²) in [6, 6.07) is 0.396. The molecule has 0 radical (unpaired) electrons. The predicted molar refractivity (Wildman–Crippen MR) is 42.1 cm³/mol. The highest BCUT2D eigenvalue weighted by molar-refractivity contribution is 6.19. The van der Waals surface area contributed by atoms with Crippen LogP contribution in [0.3, 0.4) is 0 Å². The SMILES string of the molecule is FC(Cl)N1CN2CCC1CC2. The van der Waals surface area contributed by atoms with E-state index in [9.17, 15) is 4.39 Å². The van der Waals surface area contributed by atoms with Crippen LogP contribution in [0.1, 0.15) is 12.8 Å². The van der Waals surface area contributed by atoms with Gasteiger partial charge in [0.15, 0.2) is 0 Å². The van der Waals surface area contributed by atoms with Gasteiger partial charge in [-0.2, -0.15) is 0 Å². The van der Waals surface area contributed by atoms with Gasteiger partial charge in [-0.1, -0.05) is 11.6 Å². The highest BCUT2D eigenvalue weighted by Gasteiger charge is 2.35. The van der Waals surface area contributed by atoms with Crippen molar-refractivity contribution in [2.75, 3.05) is 19.8 Å². The fourth-order valence-corrected chi connectivity index (χ4v) is 2.18. The zero-order valence-electron chi connectivity index (χ0n) is 6.34. The number of nitrogens with zero attached hydrogens (tertiary/aromatic N) is 2. The van der Waals surface area contributed by atoms with Crippen LogP contribution in [-0.4, -0.2) is 41.4 Å². The highest BCUT2D eigenvalue weighted by atomic mass is 35.5. The van der Waals surface area contributed by atoms with Crippen LogP contribution in [0, 0.1) is 0 Å². The molecule has 0 aliphatic carbocycles. The van der Waals surface area contributed by atoms with Gasteiger partial charge in [-0.3, -0.25) is 4.90 Å². The van der Waals surface area contributed by atoms with Crippen molar-refractivity contribution >= 4 is 11.6 Å². The van der Waals surface area contributed by atoms with Crippen LogP contribution in [0.15, 0.2) is 0 Å². The molecule has 0 aromatic rings. The first kappa shape index (κ1) is 7.77. The summed E-state index contributed by atoms with van der Waals surface area (Å²) in [7, 11) is 0. The molecule has 0 amide bonds. The summed E-state index contributed by atoms with van der Waals surface area (Å²) in [4.78, 5) is 3.98. The van der Waals surface area contributed by atoms with E-state index in [-0.39, 0.29) is 0 Å². The van der Waals surface area contributed by atoms with Gasteiger partial charge in [-0.25, -0.2) is 9.29 Å². The number of hydrogen-bond acceptors (Lipinski definition) is 2. The molecule has 0 aromatic carbocycles. The normalized spacial score (nSPS) is 40.9. The van der Waals surface area contributed by atoms with E-state index in [1.54, 1.807) is 4.90 Å². The number of alkyl halides is 2. The molecule has 3 heterocycles. The lowest BCUT2D eigenvalue weighted by atomic mass is 10.0. The van der Waals surface area contributed by atoms with Crippen molar-refractivity contribution in [1.82, 2.24) is 9.80 Å². The van der Waals surface area contributed by atoms with E-state index in [1.165, 1.54) is 0 Å². The smallest absolute Gasteiger partial charge is 0.230 e. The molecule has 3 fully saturated rings. The van der Waals surface area contributed by atoms with Crippen LogP contribution in [-0.2, 0) is 0 Å². The Morgan fingerprint density at radius 3 is 2.27 bits per heavy atom. The number of piperidine rings is 1. The van der Waals surface area contributed by atoms with Crippen LogP contribution in [0.2, 0.25) is 0 Å². The summed E-state index contributed by atoms with van der Waals surface area (Å²) >= 11 is 5.38. The molecule has 0 saturated carbocycles. The van der Waals surface area contributed by atoms with Crippen LogP contribution in [0.5, 0.6) is 0 Å². The third kappa shape index (κ3) is 1.37. The summed E-state index contributed by atoms with van der Waals surface area (Å²) in [5.74, 6) is -1.29. The minimum Gasteiger partial charge on any atom is -0.290 e. The number of halogens is 2. The second-order valence-electron chi connectivity index (χ2n) is 3.28. The molecule has 3 rings (SSSR count). The Labute approximate surface area is 70.9 Å². The Morgan fingerprint density at radius 1 is 1.36 bits per heavy atom. The molecule has 11 heavy (non-hydrogen) atoms. The second kappa shape index (κ2) is 2.88. The third-order valence-corrected chi connectivity index (χ3v) is 2.89. The number of hydrogen-bond donors (Lipinski definition) is 0. The Morgan fingerprint density at radius 2 is 2.00 bits per heavy atom. The molecule has 0 spiro atoms. The average molecular weight is 179 g/mol. The molecule has 2 bridgehead atoms. The topological polar surface area (TPSA) is 6.48 Å². The molecule has 3 saturated heterocycles. The van der Waals surface area contributed by atoms with Gasteiger partial charge in [0.05, 0.1) is 6.67 Å². The molecular weight excluding hydrogens is 167 g/mol. The molecule has 3 aliphatic heterocycles. The molecule has 1 atom stereocenters. The first-order valence-corrected chi connectivity index (χ1v) is 4.47. The monoisotopic (exact) mass is 178 g/mol. The van der Waals surface area contributed by atoms with Crippen LogP contribution in [0.25, 0.3) is 0 Å². The van der Waals surface area contributed by atoms with E-state index in [0.29, 0.717) is 6.04 Å². The fraction of sp³-hybridized carbons (Fsp3) is 1.00. The Balaban J connectivity index is 2.03. The van der Waals surface area contributed by atoms with Crippen LogP contribution < -0.4 is 0 Å². The van der Waals surface area contributed by atoms with Gasteiger partial charge in [0.25, 0.3) is 0 Å². The summed E-state index contributed by atoms with van der Waals surface area (Å²) in [5.41, 5.74) is 0. The van der Waals surface area contributed by atoms with Gasteiger partial charge < -0.3 is 0 Å². The largest absolute Gasteiger partial charge is 0.290 e. The lowest BCUT2D eigenvalue weighted by molar-refractivity contribution is -0.0512. The summed E-state index contributed by atoms with van der Waals surface area (Å²) in [6.45, 7) is 2.95. The number of rotatable bonds is 1. The van der Waals surface area contributed by atoms with Crippen molar-refractivity contribution in [3.05, 3.63) is 0 Å². The summed E-state index contributed by atoms with van der Waals surface area (Å²) in [5, 5.41) is 0. The minimum atomic E-state index is -1.29. The first-order chi connectivity index (χ1) is 5.27. The van der Waals surface area contributed by atoms with Gasteiger partial charge in [-0.15, -0.1) is 0 Å². The van der Waals surface area contributed by atoms with Crippen molar-refractivity contribution in [1.29, 1.82) is 0 Å². The fourth-order valence-electron chi connectivity index (χ4n) is 1.96. The van der Waals surface area contributed by atoms with Gasteiger partial charge in [0.1, 0.15) is 0 Å². The Kier molecular flexibility index (Phi) is 2.04. The average Bonchev–Trinajstić information content (AvgIpc) is 2.06. The van der Waals surface area contributed by atoms with Crippen molar-refractivity contribution in [3.63, 3.8) is 0 Å². The number of fused-ring (bicyclic) bond motifs is 3. The molecule has 0 aromatic heterocycles. The van der Waals surface area contributed by atoms with Crippen molar-refractivity contribution in [2.45, 2.75) is 24.6 Å². The predicted octanol–water partition coefficient (Wildman–Crippen LogP) is 1.22. The first-order valence-electron chi connectivity index (χ1n) is 4.03. The molecule has 64 valence electrons. The Hall–Kier alpha value is 0.140. The van der Waals surface area contributed by atoms with Gasteiger partial charge >= 0.3 is 0 Å². The quantitative estimate of drug-likeness (QED) is 0.440. The maximum absolute atomic E-state index is 12.7. The summed E-state index contributed by atoms with van der Waals surface area (Å²) < 4.78 is 12.7. The zero-order chi connectivity index (χ0) is 7.84. The van der Waals surface area contributed by atoms with E-state index < -0.39 is 5.75 Å². The van der Waals surface area contributed by atoms with Crippen molar-refractivity contribution < 1.29 is 4.39 Å². The highest BCUT2D eigenvalue weighted by Crippen LogP contribution is 2.26. The lowest BCUT2D eigenvalue weighted by Crippen LogP contribution is -2.57.